The molecule has 1 aromatic heterocycles. The van der Waals surface area contributed by atoms with E-state index in [0.29, 0.717) is 23.1 Å². The number of hydrogen-bond acceptors (Lipinski definition) is 8. The maximum absolute atomic E-state index is 13.9. The summed E-state index contributed by atoms with van der Waals surface area (Å²) in [7, 11) is -0.806. The summed E-state index contributed by atoms with van der Waals surface area (Å²) in [6, 6.07) is 23.5. The molecule has 1 fully saturated rings. The second-order valence-electron chi connectivity index (χ2n) is 9.45. The molecule has 5 rings (SSSR count). The Morgan fingerprint density at radius 3 is 2.49 bits per heavy atom. The Morgan fingerprint density at radius 1 is 1.00 bits per heavy atom. The highest BCUT2D eigenvalue weighted by Gasteiger charge is 2.29. The van der Waals surface area contributed by atoms with Crippen LogP contribution in [0.1, 0.15) is 42.0 Å². The molecule has 1 aliphatic rings. The van der Waals surface area contributed by atoms with Gasteiger partial charge in [0.1, 0.15) is 17.8 Å². The fraction of sp³-hybridized carbons (Fsp3) is 0.310. The third-order valence-corrected chi connectivity index (χ3v) is 9.62. The van der Waals surface area contributed by atoms with Crippen LogP contribution in [0.3, 0.4) is 0 Å². The largest absolute Gasteiger partial charge is 0.497 e. The normalized spacial score (nSPS) is 16.1. The minimum absolute atomic E-state index is 0.0407. The van der Waals surface area contributed by atoms with Crippen molar-refractivity contribution in [2.45, 2.75) is 43.3 Å². The van der Waals surface area contributed by atoms with Gasteiger partial charge >= 0.3 is 0 Å². The summed E-state index contributed by atoms with van der Waals surface area (Å²) >= 11 is 1.03. The molecule has 1 aliphatic heterocycles. The van der Waals surface area contributed by atoms with Crippen LogP contribution in [-0.2, 0) is 23.1 Å². The Morgan fingerprint density at radius 2 is 1.79 bits per heavy atom. The summed E-state index contributed by atoms with van der Waals surface area (Å²) in [4.78, 5) is 6.90. The molecule has 8 nitrogen and oxygen atoms in total. The summed E-state index contributed by atoms with van der Waals surface area (Å²) in [5, 5.41) is 0.288. The van der Waals surface area contributed by atoms with Crippen molar-refractivity contribution in [1.29, 1.82) is 0 Å². The van der Waals surface area contributed by atoms with E-state index in [9.17, 15) is 8.42 Å². The van der Waals surface area contributed by atoms with Gasteiger partial charge < -0.3 is 9.47 Å². The van der Waals surface area contributed by atoms with Crippen molar-refractivity contribution in [3.8, 4) is 11.5 Å². The lowest BCUT2D eigenvalue weighted by Crippen LogP contribution is -2.33. The number of ether oxygens (including phenoxy) is 2. The van der Waals surface area contributed by atoms with E-state index in [1.54, 1.807) is 44.6 Å². The van der Waals surface area contributed by atoms with Gasteiger partial charge in [0.25, 0.3) is 10.0 Å². The van der Waals surface area contributed by atoms with Crippen LogP contribution in [0.25, 0.3) is 0 Å². The molecule has 0 N–H and O–H groups in total. The lowest BCUT2D eigenvalue weighted by molar-refractivity contribution is 0.140. The highest BCUT2D eigenvalue weighted by Crippen LogP contribution is 2.34. The summed E-state index contributed by atoms with van der Waals surface area (Å²) in [5.41, 5.74) is 3.10. The standard InChI is InChI=1S/C29H32N4O4S2/c1-36-25-14-13-24(28(18-25)37-2)20-33(29-30-21-31-38-29)39(34,35)26-15-11-22(12-16-26)19-32-17-7-6-10-27(32)23-8-4-3-5-9-23/h3-5,8-9,11-16,18,21,27H,6-7,10,17,19-20H2,1-2H3. The van der Waals surface area contributed by atoms with Crippen molar-refractivity contribution in [3.63, 3.8) is 0 Å². The summed E-state index contributed by atoms with van der Waals surface area (Å²) < 4.78 is 43.9. The smallest absolute Gasteiger partial charge is 0.266 e. The molecule has 39 heavy (non-hydrogen) atoms. The molecule has 204 valence electrons. The number of likely N-dealkylation sites (tertiary alicyclic amines) is 1. The van der Waals surface area contributed by atoms with Gasteiger partial charge in [0.2, 0.25) is 5.13 Å². The first-order valence-electron chi connectivity index (χ1n) is 12.9. The monoisotopic (exact) mass is 564 g/mol. The van der Waals surface area contributed by atoms with Gasteiger partial charge in [0, 0.05) is 35.7 Å². The van der Waals surface area contributed by atoms with Gasteiger partial charge in [-0.3, -0.25) is 4.90 Å². The molecule has 0 radical (unpaired) electrons. The van der Waals surface area contributed by atoms with Crippen molar-refractivity contribution < 1.29 is 17.9 Å². The maximum Gasteiger partial charge on any atom is 0.266 e. The summed E-state index contributed by atoms with van der Waals surface area (Å²) in [6.45, 7) is 1.83. The van der Waals surface area contributed by atoms with E-state index >= 15 is 0 Å². The fourth-order valence-corrected chi connectivity index (χ4v) is 7.16. The Balaban J connectivity index is 1.39. The third-order valence-electron chi connectivity index (χ3n) is 7.07. The fourth-order valence-electron chi connectivity index (χ4n) is 5.03. The maximum atomic E-state index is 13.9. The van der Waals surface area contributed by atoms with E-state index in [4.69, 9.17) is 9.47 Å². The molecule has 3 aromatic carbocycles. The Hall–Kier alpha value is -3.47. The first-order valence-corrected chi connectivity index (χ1v) is 15.1. The van der Waals surface area contributed by atoms with Gasteiger partial charge in [0.05, 0.1) is 25.7 Å². The lowest BCUT2D eigenvalue weighted by Gasteiger charge is -2.36. The van der Waals surface area contributed by atoms with Crippen LogP contribution in [0.5, 0.6) is 11.5 Å². The first-order chi connectivity index (χ1) is 19.0. The number of aromatic nitrogens is 2. The quantitative estimate of drug-likeness (QED) is 0.245. The first kappa shape index (κ1) is 27.1. The van der Waals surface area contributed by atoms with Gasteiger partial charge in [0.15, 0.2) is 0 Å². The zero-order valence-electron chi connectivity index (χ0n) is 22.1. The molecule has 2 heterocycles. The van der Waals surface area contributed by atoms with Crippen molar-refractivity contribution in [3.05, 3.63) is 95.8 Å². The molecule has 0 spiro atoms. The second kappa shape index (κ2) is 12.1. The highest BCUT2D eigenvalue weighted by atomic mass is 32.2. The number of nitrogens with zero attached hydrogens (tertiary/aromatic N) is 4. The zero-order chi connectivity index (χ0) is 27.2. The number of hydrogen-bond donors (Lipinski definition) is 0. The number of piperidine rings is 1. The SMILES string of the molecule is COc1ccc(CN(c2ncns2)S(=O)(=O)c2ccc(CN3CCCCC3c3ccccc3)cc2)c(OC)c1. The molecule has 0 saturated carbocycles. The van der Waals surface area contributed by atoms with Gasteiger partial charge in [-0.2, -0.15) is 4.37 Å². The molecule has 10 heteroatoms. The average Bonchev–Trinajstić information content (AvgIpc) is 3.51. The molecule has 0 aliphatic carbocycles. The average molecular weight is 565 g/mol. The van der Waals surface area contributed by atoms with Crippen molar-refractivity contribution in [1.82, 2.24) is 14.3 Å². The van der Waals surface area contributed by atoms with E-state index in [0.717, 1.165) is 36.6 Å². The molecular weight excluding hydrogens is 532 g/mol. The van der Waals surface area contributed by atoms with Gasteiger partial charge in [-0.05, 0) is 54.8 Å². The van der Waals surface area contributed by atoms with E-state index in [-0.39, 0.29) is 16.6 Å². The molecule has 1 saturated heterocycles. The van der Waals surface area contributed by atoms with Crippen LogP contribution in [0.4, 0.5) is 5.13 Å². The predicted octanol–water partition coefficient (Wildman–Crippen LogP) is 5.68. The number of anilines is 1. The van der Waals surface area contributed by atoms with Crippen LogP contribution >= 0.6 is 11.5 Å². The van der Waals surface area contributed by atoms with E-state index < -0.39 is 10.0 Å². The molecule has 0 amide bonds. The van der Waals surface area contributed by atoms with E-state index in [2.05, 4.69) is 38.5 Å². The second-order valence-corrected chi connectivity index (χ2v) is 12.1. The predicted molar refractivity (Wildman–Crippen MR) is 153 cm³/mol. The third kappa shape index (κ3) is 6.08. The van der Waals surface area contributed by atoms with E-state index in [1.807, 2.05) is 18.2 Å². The van der Waals surface area contributed by atoms with E-state index in [1.165, 1.54) is 29.0 Å². The molecule has 0 bridgehead atoms. The van der Waals surface area contributed by atoms with Crippen LogP contribution < -0.4 is 13.8 Å². The number of rotatable bonds is 10. The van der Waals surface area contributed by atoms with Gasteiger partial charge in [-0.1, -0.05) is 48.9 Å². The number of sulfonamides is 1. The van der Waals surface area contributed by atoms with Crippen molar-refractivity contribution in [2.24, 2.45) is 0 Å². The Kier molecular flexibility index (Phi) is 8.44. The minimum Gasteiger partial charge on any atom is -0.497 e. The van der Waals surface area contributed by atoms with Crippen LogP contribution in [0.2, 0.25) is 0 Å². The summed E-state index contributed by atoms with van der Waals surface area (Å²) in [6.07, 6.45) is 4.87. The van der Waals surface area contributed by atoms with Crippen molar-refractivity contribution in [2.75, 3.05) is 25.1 Å². The zero-order valence-corrected chi connectivity index (χ0v) is 23.7. The van der Waals surface area contributed by atoms with Crippen LogP contribution in [-0.4, -0.2) is 43.4 Å². The van der Waals surface area contributed by atoms with Crippen molar-refractivity contribution >= 4 is 26.7 Å². The number of benzene rings is 3. The molecular formula is C29H32N4O4S2. The lowest BCUT2D eigenvalue weighted by atomic mass is 9.95. The van der Waals surface area contributed by atoms with Gasteiger partial charge in [-0.25, -0.2) is 17.7 Å². The van der Waals surface area contributed by atoms with Crippen LogP contribution in [0.15, 0.2) is 84.0 Å². The Bertz CT molecular complexity index is 1460. The number of methoxy groups -OCH3 is 2. The Labute approximate surface area is 234 Å². The molecule has 1 unspecified atom stereocenters. The topological polar surface area (TPSA) is 84.9 Å². The van der Waals surface area contributed by atoms with Gasteiger partial charge in [-0.15, -0.1) is 0 Å². The van der Waals surface area contributed by atoms with Crippen LogP contribution in [0, 0.1) is 0 Å². The summed E-state index contributed by atoms with van der Waals surface area (Å²) in [5.74, 6) is 1.16. The molecule has 4 aromatic rings. The highest BCUT2D eigenvalue weighted by molar-refractivity contribution is 7.93. The minimum atomic E-state index is -3.93. The molecule has 1 atom stereocenters.